The first kappa shape index (κ1) is 15.3. The van der Waals surface area contributed by atoms with Crippen LogP contribution in [-0.4, -0.2) is 37.5 Å². The molecule has 1 aliphatic rings. The number of hydrogen-bond acceptors (Lipinski definition) is 6. The second kappa shape index (κ2) is 6.31. The second-order valence-corrected chi connectivity index (χ2v) is 5.74. The summed E-state index contributed by atoms with van der Waals surface area (Å²) in [5, 5.41) is 3.96. The van der Waals surface area contributed by atoms with Gasteiger partial charge in [-0.3, -0.25) is 14.6 Å². The zero-order valence-corrected chi connectivity index (χ0v) is 13.3. The number of amides is 1. The van der Waals surface area contributed by atoms with E-state index in [1.165, 1.54) is 12.3 Å². The predicted molar refractivity (Wildman–Crippen MR) is 87.6 cm³/mol. The number of aromatic amines is 1. The van der Waals surface area contributed by atoms with E-state index in [-0.39, 0.29) is 17.5 Å². The van der Waals surface area contributed by atoms with Crippen LogP contribution in [0.25, 0.3) is 11.5 Å². The number of nitrogens with one attached hydrogen (secondary N) is 1. The molecule has 1 amide bonds. The first-order chi connectivity index (χ1) is 12.2. The van der Waals surface area contributed by atoms with Gasteiger partial charge in [0.05, 0.1) is 0 Å². The molecule has 1 fully saturated rings. The molecule has 8 nitrogen and oxygen atoms in total. The van der Waals surface area contributed by atoms with Crippen LogP contribution >= 0.6 is 0 Å². The number of aromatic nitrogens is 4. The number of nitrogens with zero attached hydrogens (tertiary/aromatic N) is 4. The summed E-state index contributed by atoms with van der Waals surface area (Å²) in [6.45, 7) is 0.541. The summed E-state index contributed by atoms with van der Waals surface area (Å²) in [6, 6.07) is 8.24. The summed E-state index contributed by atoms with van der Waals surface area (Å²) in [7, 11) is 0. The highest BCUT2D eigenvalue weighted by Crippen LogP contribution is 2.32. The summed E-state index contributed by atoms with van der Waals surface area (Å²) in [5.74, 6) is 0.410. The van der Waals surface area contributed by atoms with Gasteiger partial charge in [0, 0.05) is 18.9 Å². The van der Waals surface area contributed by atoms with Crippen molar-refractivity contribution in [3.05, 3.63) is 64.5 Å². The maximum absolute atomic E-state index is 12.7. The first-order valence-electron chi connectivity index (χ1n) is 7.98. The minimum atomic E-state index is -0.405. The SMILES string of the molecule is O=C(c1ccc[nH]c1=O)N1CCC[C@@H]1c1nc(-c2ccccn2)no1. The minimum absolute atomic E-state index is 0.110. The molecule has 3 aromatic rings. The van der Waals surface area contributed by atoms with Gasteiger partial charge < -0.3 is 14.4 Å². The Kier molecular flexibility index (Phi) is 3.85. The molecule has 8 heteroatoms. The minimum Gasteiger partial charge on any atom is -0.337 e. The summed E-state index contributed by atoms with van der Waals surface area (Å²) in [4.78, 5) is 37.3. The molecule has 1 atom stereocenters. The molecule has 4 rings (SSSR count). The van der Waals surface area contributed by atoms with E-state index < -0.39 is 5.56 Å². The van der Waals surface area contributed by atoms with Gasteiger partial charge in [-0.2, -0.15) is 4.98 Å². The molecule has 0 radical (unpaired) electrons. The Hall–Kier alpha value is -3.29. The summed E-state index contributed by atoms with van der Waals surface area (Å²) in [6.07, 6.45) is 4.67. The Labute approximate surface area is 142 Å². The third-order valence-electron chi connectivity index (χ3n) is 4.18. The van der Waals surface area contributed by atoms with E-state index in [0.29, 0.717) is 30.4 Å². The Morgan fingerprint density at radius 1 is 1.28 bits per heavy atom. The van der Waals surface area contributed by atoms with Crippen molar-refractivity contribution < 1.29 is 9.32 Å². The maximum Gasteiger partial charge on any atom is 0.260 e. The van der Waals surface area contributed by atoms with Crippen LogP contribution in [0.3, 0.4) is 0 Å². The van der Waals surface area contributed by atoms with Crippen molar-refractivity contribution in [1.82, 2.24) is 25.0 Å². The highest BCUT2D eigenvalue weighted by Gasteiger charge is 2.35. The third kappa shape index (κ3) is 2.82. The lowest BCUT2D eigenvalue weighted by Crippen LogP contribution is -2.34. The molecule has 0 aliphatic carbocycles. The number of pyridine rings is 2. The number of H-pyrrole nitrogens is 1. The number of rotatable bonds is 3. The molecule has 0 aromatic carbocycles. The van der Waals surface area contributed by atoms with E-state index in [2.05, 4.69) is 20.1 Å². The average molecular weight is 337 g/mol. The molecule has 3 aromatic heterocycles. The third-order valence-corrected chi connectivity index (χ3v) is 4.18. The predicted octanol–water partition coefficient (Wildman–Crippen LogP) is 1.80. The molecular weight excluding hydrogens is 322 g/mol. The lowest BCUT2D eigenvalue weighted by atomic mass is 10.2. The molecule has 1 N–H and O–H groups in total. The van der Waals surface area contributed by atoms with Gasteiger partial charge in [0.2, 0.25) is 11.7 Å². The van der Waals surface area contributed by atoms with Crippen molar-refractivity contribution in [3.63, 3.8) is 0 Å². The lowest BCUT2D eigenvalue weighted by Gasteiger charge is -2.21. The molecule has 4 heterocycles. The van der Waals surface area contributed by atoms with Gasteiger partial charge in [-0.05, 0) is 37.1 Å². The Morgan fingerprint density at radius 2 is 2.20 bits per heavy atom. The summed E-state index contributed by atoms with van der Waals surface area (Å²) in [5.41, 5.74) is 0.310. The van der Waals surface area contributed by atoms with Crippen LogP contribution in [0, 0.1) is 0 Å². The van der Waals surface area contributed by atoms with Crippen LogP contribution in [0.2, 0.25) is 0 Å². The lowest BCUT2D eigenvalue weighted by molar-refractivity contribution is 0.0708. The van der Waals surface area contributed by atoms with Crippen LogP contribution in [0.5, 0.6) is 0 Å². The van der Waals surface area contributed by atoms with Crippen LogP contribution in [0.15, 0.2) is 52.0 Å². The van der Waals surface area contributed by atoms with Crippen molar-refractivity contribution >= 4 is 5.91 Å². The monoisotopic (exact) mass is 337 g/mol. The van der Waals surface area contributed by atoms with Crippen molar-refractivity contribution in [2.24, 2.45) is 0 Å². The molecule has 0 saturated carbocycles. The summed E-state index contributed by atoms with van der Waals surface area (Å²) < 4.78 is 5.37. The average Bonchev–Trinajstić information content (AvgIpc) is 3.31. The summed E-state index contributed by atoms with van der Waals surface area (Å²) >= 11 is 0. The largest absolute Gasteiger partial charge is 0.337 e. The molecule has 1 aliphatic heterocycles. The molecule has 0 unspecified atom stereocenters. The molecule has 0 spiro atoms. The van der Waals surface area contributed by atoms with Gasteiger partial charge in [-0.1, -0.05) is 11.2 Å². The van der Waals surface area contributed by atoms with Gasteiger partial charge in [0.15, 0.2) is 0 Å². The quantitative estimate of drug-likeness (QED) is 0.781. The number of likely N-dealkylation sites (tertiary alicyclic amines) is 1. The van der Waals surface area contributed by atoms with E-state index in [0.717, 1.165) is 6.42 Å². The van der Waals surface area contributed by atoms with E-state index in [9.17, 15) is 9.59 Å². The molecule has 1 saturated heterocycles. The Bertz CT molecular complexity index is 950. The second-order valence-electron chi connectivity index (χ2n) is 5.74. The van der Waals surface area contributed by atoms with Gasteiger partial charge in [0.1, 0.15) is 17.3 Å². The number of carbonyl (C=O) groups excluding carboxylic acids is 1. The Balaban J connectivity index is 1.62. The van der Waals surface area contributed by atoms with E-state index in [4.69, 9.17) is 4.52 Å². The van der Waals surface area contributed by atoms with Gasteiger partial charge >= 0.3 is 0 Å². The molecule has 126 valence electrons. The fraction of sp³-hybridized carbons (Fsp3) is 0.235. The molecule has 0 bridgehead atoms. The zero-order chi connectivity index (χ0) is 17.2. The highest BCUT2D eigenvalue weighted by atomic mass is 16.5. The Morgan fingerprint density at radius 3 is 3.00 bits per heavy atom. The van der Waals surface area contributed by atoms with Crippen LogP contribution in [0.1, 0.15) is 35.1 Å². The van der Waals surface area contributed by atoms with E-state index in [1.54, 1.807) is 29.3 Å². The molecular formula is C17H15N5O3. The topological polar surface area (TPSA) is 105 Å². The fourth-order valence-electron chi connectivity index (χ4n) is 2.98. The van der Waals surface area contributed by atoms with Gasteiger partial charge in [-0.15, -0.1) is 0 Å². The maximum atomic E-state index is 12.7. The smallest absolute Gasteiger partial charge is 0.260 e. The molecule has 25 heavy (non-hydrogen) atoms. The van der Waals surface area contributed by atoms with Gasteiger partial charge in [0.25, 0.3) is 11.5 Å². The van der Waals surface area contributed by atoms with Crippen molar-refractivity contribution in [2.45, 2.75) is 18.9 Å². The van der Waals surface area contributed by atoms with Crippen LogP contribution < -0.4 is 5.56 Å². The standard InChI is InChI=1S/C17H15N5O3/c23-15-11(5-3-9-19-15)17(24)22-10-4-7-13(22)16-20-14(21-25-16)12-6-1-2-8-18-12/h1-3,5-6,8-9,13H,4,7,10H2,(H,19,23)/t13-/m1/s1. The van der Waals surface area contributed by atoms with Crippen molar-refractivity contribution in [2.75, 3.05) is 6.54 Å². The first-order valence-corrected chi connectivity index (χ1v) is 7.98. The zero-order valence-electron chi connectivity index (χ0n) is 13.3. The van der Waals surface area contributed by atoms with E-state index in [1.807, 2.05) is 6.07 Å². The normalized spacial score (nSPS) is 17.0. The van der Waals surface area contributed by atoms with Crippen molar-refractivity contribution in [3.8, 4) is 11.5 Å². The van der Waals surface area contributed by atoms with Crippen LogP contribution in [0.4, 0.5) is 0 Å². The number of carbonyl (C=O) groups is 1. The number of hydrogen-bond donors (Lipinski definition) is 1. The highest BCUT2D eigenvalue weighted by molar-refractivity contribution is 5.94. The van der Waals surface area contributed by atoms with Crippen molar-refractivity contribution in [1.29, 1.82) is 0 Å². The fourth-order valence-corrected chi connectivity index (χ4v) is 2.98. The van der Waals surface area contributed by atoms with Gasteiger partial charge in [-0.25, -0.2) is 0 Å². The van der Waals surface area contributed by atoms with E-state index >= 15 is 0 Å². The van der Waals surface area contributed by atoms with Crippen LogP contribution in [-0.2, 0) is 0 Å².